The number of carbonyl (C=O) groups is 1. The van der Waals surface area contributed by atoms with Crippen LogP contribution >= 0.6 is 0 Å². The highest BCUT2D eigenvalue weighted by Gasteiger charge is 2.11. The zero-order chi connectivity index (χ0) is 16.9. The van der Waals surface area contributed by atoms with Gasteiger partial charge in [0.1, 0.15) is 18.2 Å². The highest BCUT2D eigenvalue weighted by molar-refractivity contribution is 5.84. The fourth-order valence-electron chi connectivity index (χ4n) is 2.62. The summed E-state index contributed by atoms with van der Waals surface area (Å²) in [6.45, 7) is 2.30. The number of benzene rings is 3. The number of ether oxygens (including phenoxy) is 1. The third kappa shape index (κ3) is 3.51. The van der Waals surface area contributed by atoms with Gasteiger partial charge in [0.15, 0.2) is 6.29 Å². The van der Waals surface area contributed by atoms with Gasteiger partial charge in [0, 0.05) is 0 Å². The van der Waals surface area contributed by atoms with Crippen molar-refractivity contribution in [3.05, 3.63) is 89.2 Å². The third-order valence-corrected chi connectivity index (χ3v) is 3.83. The number of halogens is 1. The zero-order valence-electron chi connectivity index (χ0n) is 13.3. The van der Waals surface area contributed by atoms with Crippen LogP contribution in [0.1, 0.15) is 21.5 Å². The molecule has 0 aromatic heterocycles. The average molecular weight is 320 g/mol. The molecule has 0 saturated carbocycles. The van der Waals surface area contributed by atoms with E-state index < -0.39 is 0 Å². The van der Waals surface area contributed by atoms with Crippen LogP contribution in [0.25, 0.3) is 11.1 Å². The Morgan fingerprint density at radius 2 is 1.67 bits per heavy atom. The smallest absolute Gasteiger partial charge is 0.153 e. The Bertz CT molecular complexity index is 840. The number of carbonyl (C=O) groups excluding carboxylic acids is 1. The predicted molar refractivity (Wildman–Crippen MR) is 92.7 cm³/mol. The van der Waals surface area contributed by atoms with Gasteiger partial charge in [-0.15, -0.1) is 0 Å². The van der Waals surface area contributed by atoms with Crippen molar-refractivity contribution in [2.75, 3.05) is 0 Å². The first-order chi connectivity index (χ1) is 11.7. The highest BCUT2D eigenvalue weighted by Crippen LogP contribution is 2.30. The summed E-state index contributed by atoms with van der Waals surface area (Å²) in [6.07, 6.45) is 0.792. The quantitative estimate of drug-likeness (QED) is 0.605. The van der Waals surface area contributed by atoms with Crippen LogP contribution < -0.4 is 4.74 Å². The Morgan fingerprint density at radius 3 is 2.33 bits per heavy atom. The summed E-state index contributed by atoms with van der Waals surface area (Å²) in [5, 5.41) is 0. The number of aryl methyl sites for hydroxylation is 1. The Labute approximate surface area is 140 Å². The summed E-state index contributed by atoms with van der Waals surface area (Å²) in [6, 6.07) is 19.7. The molecule has 0 bridgehead atoms. The molecule has 0 saturated heterocycles. The molecule has 0 aliphatic rings. The minimum Gasteiger partial charge on any atom is -0.488 e. The molecule has 2 nitrogen and oxygen atoms in total. The number of hydrogen-bond acceptors (Lipinski definition) is 2. The molecule has 0 atom stereocenters. The van der Waals surface area contributed by atoms with Crippen LogP contribution in [0.2, 0.25) is 0 Å². The van der Waals surface area contributed by atoms with Crippen molar-refractivity contribution in [3.63, 3.8) is 0 Å². The molecule has 24 heavy (non-hydrogen) atoms. The lowest BCUT2D eigenvalue weighted by atomic mass is 9.99. The molecule has 120 valence electrons. The lowest BCUT2D eigenvalue weighted by Crippen LogP contribution is -2.01. The molecule has 3 heteroatoms. The summed E-state index contributed by atoms with van der Waals surface area (Å²) < 4.78 is 18.9. The van der Waals surface area contributed by atoms with E-state index >= 15 is 0 Å². The second-order valence-electron chi connectivity index (χ2n) is 5.61. The van der Waals surface area contributed by atoms with Crippen molar-refractivity contribution in [3.8, 4) is 16.9 Å². The summed E-state index contributed by atoms with van der Waals surface area (Å²) in [4.78, 5) is 11.5. The van der Waals surface area contributed by atoms with Crippen molar-refractivity contribution < 1.29 is 13.9 Å². The van der Waals surface area contributed by atoms with Crippen LogP contribution in [0.4, 0.5) is 4.39 Å². The van der Waals surface area contributed by atoms with E-state index in [0.717, 1.165) is 28.5 Å². The van der Waals surface area contributed by atoms with E-state index in [0.29, 0.717) is 17.9 Å². The van der Waals surface area contributed by atoms with Gasteiger partial charge >= 0.3 is 0 Å². The summed E-state index contributed by atoms with van der Waals surface area (Å²) in [5.74, 6) is 0.300. The van der Waals surface area contributed by atoms with Gasteiger partial charge in [-0.1, -0.05) is 42.5 Å². The minimum atomic E-state index is -0.283. The predicted octanol–water partition coefficient (Wildman–Crippen LogP) is 5.19. The van der Waals surface area contributed by atoms with E-state index in [9.17, 15) is 9.18 Å². The molecule has 0 aliphatic heterocycles. The maximum Gasteiger partial charge on any atom is 0.153 e. The molecular weight excluding hydrogens is 303 g/mol. The van der Waals surface area contributed by atoms with Crippen LogP contribution in [0.15, 0.2) is 66.7 Å². The molecule has 0 spiro atoms. The maximum atomic E-state index is 13.1. The van der Waals surface area contributed by atoms with Crippen molar-refractivity contribution in [1.29, 1.82) is 0 Å². The standard InChI is InChI=1S/C21H17FO2/c1-15-11-18(17-7-9-20(22)10-8-17)12-19(13-23)21(15)24-14-16-5-3-2-4-6-16/h2-13H,14H2,1H3. The third-order valence-electron chi connectivity index (χ3n) is 3.83. The monoisotopic (exact) mass is 320 g/mol. The largest absolute Gasteiger partial charge is 0.488 e. The minimum absolute atomic E-state index is 0.283. The van der Waals surface area contributed by atoms with Crippen LogP contribution in [0.5, 0.6) is 5.75 Å². The van der Waals surface area contributed by atoms with E-state index in [1.54, 1.807) is 18.2 Å². The van der Waals surface area contributed by atoms with Crippen LogP contribution in [-0.4, -0.2) is 6.29 Å². The van der Waals surface area contributed by atoms with E-state index in [4.69, 9.17) is 4.74 Å². The van der Waals surface area contributed by atoms with Crippen molar-refractivity contribution >= 4 is 6.29 Å². The van der Waals surface area contributed by atoms with Gasteiger partial charge in [0.05, 0.1) is 5.56 Å². The maximum absolute atomic E-state index is 13.1. The molecule has 3 aromatic rings. The van der Waals surface area contributed by atoms with Gasteiger partial charge in [0.25, 0.3) is 0 Å². The van der Waals surface area contributed by atoms with Gasteiger partial charge in [-0.05, 0) is 53.4 Å². The average Bonchev–Trinajstić information content (AvgIpc) is 2.61. The Morgan fingerprint density at radius 1 is 0.958 bits per heavy atom. The van der Waals surface area contributed by atoms with Crippen LogP contribution in [0.3, 0.4) is 0 Å². The van der Waals surface area contributed by atoms with Crippen LogP contribution in [0, 0.1) is 12.7 Å². The lowest BCUT2D eigenvalue weighted by molar-refractivity contribution is 0.111. The summed E-state index contributed by atoms with van der Waals surface area (Å²) >= 11 is 0. The van der Waals surface area contributed by atoms with E-state index in [2.05, 4.69) is 0 Å². The van der Waals surface area contributed by atoms with E-state index in [-0.39, 0.29) is 5.82 Å². The van der Waals surface area contributed by atoms with Gasteiger partial charge < -0.3 is 4.74 Å². The first-order valence-corrected chi connectivity index (χ1v) is 7.70. The molecule has 3 aromatic carbocycles. The van der Waals surface area contributed by atoms with Gasteiger partial charge in [-0.25, -0.2) is 4.39 Å². The number of hydrogen-bond donors (Lipinski definition) is 0. The molecule has 0 heterocycles. The normalized spacial score (nSPS) is 10.4. The Balaban J connectivity index is 1.90. The second-order valence-corrected chi connectivity index (χ2v) is 5.61. The van der Waals surface area contributed by atoms with Gasteiger partial charge in [-0.3, -0.25) is 4.79 Å². The Kier molecular flexibility index (Phi) is 4.71. The fraction of sp³-hybridized carbons (Fsp3) is 0.0952. The molecule has 0 amide bonds. The van der Waals surface area contributed by atoms with Crippen LogP contribution in [-0.2, 0) is 6.61 Å². The molecule has 0 aliphatic carbocycles. The van der Waals surface area contributed by atoms with E-state index in [1.807, 2.05) is 43.3 Å². The van der Waals surface area contributed by atoms with Gasteiger partial charge in [0.2, 0.25) is 0 Å². The molecule has 0 unspecified atom stereocenters. The fourth-order valence-corrected chi connectivity index (χ4v) is 2.62. The van der Waals surface area contributed by atoms with Crippen molar-refractivity contribution in [2.45, 2.75) is 13.5 Å². The molecule has 3 rings (SSSR count). The molecular formula is C21H17FO2. The second kappa shape index (κ2) is 7.09. The Hall–Kier alpha value is -2.94. The molecule has 0 N–H and O–H groups in total. The summed E-state index contributed by atoms with van der Waals surface area (Å²) in [5.41, 5.74) is 4.12. The SMILES string of the molecule is Cc1cc(-c2ccc(F)cc2)cc(C=O)c1OCc1ccccc1. The lowest BCUT2D eigenvalue weighted by Gasteiger charge is -2.14. The first kappa shape index (κ1) is 15.9. The van der Waals surface area contributed by atoms with Gasteiger partial charge in [-0.2, -0.15) is 0 Å². The molecule has 0 radical (unpaired) electrons. The summed E-state index contributed by atoms with van der Waals surface area (Å²) in [7, 11) is 0. The molecule has 0 fully saturated rings. The van der Waals surface area contributed by atoms with Crippen molar-refractivity contribution in [1.82, 2.24) is 0 Å². The highest BCUT2D eigenvalue weighted by atomic mass is 19.1. The number of rotatable bonds is 5. The topological polar surface area (TPSA) is 26.3 Å². The first-order valence-electron chi connectivity index (χ1n) is 7.70. The van der Waals surface area contributed by atoms with Crippen molar-refractivity contribution in [2.24, 2.45) is 0 Å². The van der Waals surface area contributed by atoms with E-state index in [1.165, 1.54) is 12.1 Å². The zero-order valence-corrected chi connectivity index (χ0v) is 13.3. The number of aldehydes is 1.